The summed E-state index contributed by atoms with van der Waals surface area (Å²) >= 11 is 0. The largest absolute Gasteiger partial charge is 0.335 e. The van der Waals surface area contributed by atoms with Crippen molar-refractivity contribution in [2.24, 2.45) is 10.8 Å². The van der Waals surface area contributed by atoms with Gasteiger partial charge in [0.15, 0.2) is 0 Å². The molecule has 0 aromatic carbocycles. The number of hydrogen-bond donors (Lipinski definition) is 1. The lowest BCUT2D eigenvalue weighted by Gasteiger charge is -2.45. The number of carbonyl (C=O) groups excluding carboxylic acids is 1. The number of amides is 1. The highest BCUT2D eigenvalue weighted by Gasteiger charge is 2.41. The number of nitrogens with zero attached hydrogens (tertiary/aromatic N) is 2. The number of carbonyl (C=O) groups is 1. The van der Waals surface area contributed by atoms with Crippen molar-refractivity contribution in [3.8, 4) is 0 Å². The topological polar surface area (TPSA) is 35.6 Å². The van der Waals surface area contributed by atoms with Gasteiger partial charge in [0.05, 0.1) is 0 Å². The molecule has 0 radical (unpaired) electrons. The molecule has 0 unspecified atom stereocenters. The quantitative estimate of drug-likeness (QED) is 0.856. The summed E-state index contributed by atoms with van der Waals surface area (Å²) in [4.78, 5) is 17.8. The molecule has 4 nitrogen and oxygen atoms in total. The van der Waals surface area contributed by atoms with E-state index in [9.17, 15) is 4.79 Å². The van der Waals surface area contributed by atoms with Gasteiger partial charge in [-0.25, -0.2) is 0 Å². The van der Waals surface area contributed by atoms with E-state index in [-0.39, 0.29) is 5.41 Å². The van der Waals surface area contributed by atoms with Crippen LogP contribution < -0.4 is 5.32 Å². The van der Waals surface area contributed by atoms with E-state index in [1.165, 1.54) is 12.8 Å². The summed E-state index contributed by atoms with van der Waals surface area (Å²) in [5.41, 5.74) is 0.140. The van der Waals surface area contributed by atoms with E-state index in [2.05, 4.69) is 63.8 Å². The first-order valence-corrected chi connectivity index (χ1v) is 9.70. The summed E-state index contributed by atoms with van der Waals surface area (Å²) in [7, 11) is 4.24. The van der Waals surface area contributed by atoms with E-state index in [0.717, 1.165) is 32.4 Å². The molecule has 1 saturated heterocycles. The zero-order valence-electron chi connectivity index (χ0n) is 17.0. The van der Waals surface area contributed by atoms with Crippen molar-refractivity contribution in [2.45, 2.75) is 84.8 Å². The summed E-state index contributed by atoms with van der Waals surface area (Å²) in [5, 5.41) is 3.64. The molecule has 1 N–H and O–H groups in total. The molecule has 2 rings (SSSR count). The Morgan fingerprint density at radius 3 is 2.21 bits per heavy atom. The molecule has 1 amide bonds. The van der Waals surface area contributed by atoms with E-state index in [1.807, 2.05) is 0 Å². The number of rotatable bonds is 4. The molecule has 2 atom stereocenters. The first kappa shape index (κ1) is 19.7. The van der Waals surface area contributed by atoms with Crippen LogP contribution in [0.25, 0.3) is 0 Å². The third kappa shape index (κ3) is 4.95. The fourth-order valence-electron chi connectivity index (χ4n) is 4.27. The van der Waals surface area contributed by atoms with Gasteiger partial charge in [-0.15, -0.1) is 0 Å². The van der Waals surface area contributed by atoms with Crippen LogP contribution in [0.5, 0.6) is 0 Å². The zero-order chi connectivity index (χ0) is 18.1. The van der Waals surface area contributed by atoms with Gasteiger partial charge in [-0.2, -0.15) is 0 Å². The molecule has 1 heterocycles. The predicted octanol–water partition coefficient (Wildman–Crippen LogP) is 3.12. The number of nitrogens with one attached hydrogen (secondary N) is 1. The second kappa shape index (κ2) is 7.33. The van der Waals surface area contributed by atoms with Gasteiger partial charge in [0.25, 0.3) is 0 Å². The van der Waals surface area contributed by atoms with Crippen molar-refractivity contribution < 1.29 is 4.79 Å². The van der Waals surface area contributed by atoms with Crippen LogP contribution in [0.1, 0.15) is 66.7 Å². The molecule has 1 aliphatic heterocycles. The van der Waals surface area contributed by atoms with Crippen LogP contribution >= 0.6 is 0 Å². The van der Waals surface area contributed by atoms with Crippen molar-refractivity contribution in [3.63, 3.8) is 0 Å². The van der Waals surface area contributed by atoms with Crippen molar-refractivity contribution in [3.05, 3.63) is 0 Å². The molecule has 1 aliphatic carbocycles. The van der Waals surface area contributed by atoms with Crippen LogP contribution in [0.3, 0.4) is 0 Å². The summed E-state index contributed by atoms with van der Waals surface area (Å²) in [6.45, 7) is 12.9. The van der Waals surface area contributed by atoms with Crippen molar-refractivity contribution >= 4 is 5.91 Å². The van der Waals surface area contributed by atoms with Crippen LogP contribution in [0.4, 0.5) is 0 Å². The van der Waals surface area contributed by atoms with Gasteiger partial charge in [-0.3, -0.25) is 4.79 Å². The molecule has 0 aromatic heterocycles. The fraction of sp³-hybridized carbons (Fsp3) is 0.950. The predicted molar refractivity (Wildman–Crippen MR) is 101 cm³/mol. The Kier molecular flexibility index (Phi) is 6.02. The minimum atomic E-state index is -0.299. The van der Waals surface area contributed by atoms with Crippen LogP contribution in [0.15, 0.2) is 0 Å². The molecule has 24 heavy (non-hydrogen) atoms. The van der Waals surface area contributed by atoms with Gasteiger partial charge >= 0.3 is 0 Å². The molecular formula is C20H39N3O. The SMILES string of the molecule is CN(C)C[C@@H]1C[C@H](N(C(=O)C(C)(C)C)C2CCC(C)(C)CC2)CN1. The molecular weight excluding hydrogens is 298 g/mol. The van der Waals surface area contributed by atoms with Crippen LogP contribution in [-0.4, -0.2) is 61.0 Å². The molecule has 2 fully saturated rings. The van der Waals surface area contributed by atoms with Gasteiger partial charge in [-0.05, 0) is 51.6 Å². The highest BCUT2D eigenvalue weighted by Crippen LogP contribution is 2.39. The van der Waals surface area contributed by atoms with Crippen molar-refractivity contribution in [1.82, 2.24) is 15.1 Å². The Hall–Kier alpha value is -0.610. The summed E-state index contributed by atoms with van der Waals surface area (Å²) in [6.07, 6.45) is 5.85. The lowest BCUT2D eigenvalue weighted by Crippen LogP contribution is -2.53. The third-order valence-electron chi connectivity index (χ3n) is 5.76. The van der Waals surface area contributed by atoms with Gasteiger partial charge in [-0.1, -0.05) is 34.6 Å². The van der Waals surface area contributed by atoms with Crippen molar-refractivity contribution in [2.75, 3.05) is 27.2 Å². The molecule has 2 aliphatic rings. The molecule has 4 heteroatoms. The fourth-order valence-corrected chi connectivity index (χ4v) is 4.27. The van der Waals surface area contributed by atoms with Gasteiger partial charge < -0.3 is 15.1 Å². The first-order chi connectivity index (χ1) is 11.0. The minimum Gasteiger partial charge on any atom is -0.335 e. The normalized spacial score (nSPS) is 28.3. The van der Waals surface area contributed by atoms with E-state index >= 15 is 0 Å². The highest BCUT2D eigenvalue weighted by atomic mass is 16.2. The maximum absolute atomic E-state index is 13.2. The molecule has 0 aromatic rings. The van der Waals surface area contributed by atoms with Crippen LogP contribution in [0.2, 0.25) is 0 Å². The Labute approximate surface area is 149 Å². The van der Waals surface area contributed by atoms with E-state index in [4.69, 9.17) is 0 Å². The Bertz CT molecular complexity index is 429. The molecule has 0 spiro atoms. The number of likely N-dealkylation sites (N-methyl/N-ethyl adjacent to an activating group) is 1. The lowest BCUT2D eigenvalue weighted by atomic mass is 9.74. The maximum Gasteiger partial charge on any atom is 0.228 e. The zero-order valence-corrected chi connectivity index (χ0v) is 17.0. The van der Waals surface area contributed by atoms with Crippen LogP contribution in [-0.2, 0) is 4.79 Å². The minimum absolute atomic E-state index is 0.299. The smallest absolute Gasteiger partial charge is 0.228 e. The van der Waals surface area contributed by atoms with Gasteiger partial charge in [0, 0.05) is 36.6 Å². The molecule has 1 saturated carbocycles. The summed E-state index contributed by atoms with van der Waals surface area (Å²) in [6, 6.07) is 1.28. The monoisotopic (exact) mass is 337 g/mol. The molecule has 140 valence electrons. The highest BCUT2D eigenvalue weighted by molar-refractivity contribution is 5.82. The number of hydrogen-bond acceptors (Lipinski definition) is 3. The third-order valence-corrected chi connectivity index (χ3v) is 5.76. The summed E-state index contributed by atoms with van der Waals surface area (Å²) in [5.74, 6) is 0.338. The average molecular weight is 338 g/mol. The maximum atomic E-state index is 13.2. The standard InChI is InChI=1S/C20H39N3O/c1-19(2,3)18(24)23(16-8-10-20(4,5)11-9-16)17-12-15(21-13-17)14-22(6)7/h15-17,21H,8-14H2,1-7H3/t15-,17-/m0/s1. The second-order valence-corrected chi connectivity index (χ2v) is 10.1. The Morgan fingerprint density at radius 1 is 1.12 bits per heavy atom. The summed E-state index contributed by atoms with van der Waals surface area (Å²) < 4.78 is 0. The Balaban J connectivity index is 2.11. The first-order valence-electron chi connectivity index (χ1n) is 9.70. The second-order valence-electron chi connectivity index (χ2n) is 10.1. The average Bonchev–Trinajstić information content (AvgIpc) is 2.87. The van der Waals surface area contributed by atoms with Gasteiger partial charge in [0.2, 0.25) is 5.91 Å². The van der Waals surface area contributed by atoms with E-state index < -0.39 is 0 Å². The van der Waals surface area contributed by atoms with Crippen molar-refractivity contribution in [1.29, 1.82) is 0 Å². The van der Waals surface area contributed by atoms with E-state index in [0.29, 0.717) is 29.4 Å². The van der Waals surface area contributed by atoms with Crippen LogP contribution in [0, 0.1) is 10.8 Å². The lowest BCUT2D eigenvalue weighted by molar-refractivity contribution is -0.145. The molecule has 0 bridgehead atoms. The van der Waals surface area contributed by atoms with E-state index in [1.54, 1.807) is 0 Å². The van der Waals surface area contributed by atoms with Gasteiger partial charge in [0.1, 0.15) is 0 Å². The Morgan fingerprint density at radius 2 is 1.71 bits per heavy atom.